The number of nitro benzene ring substituents is 1. The summed E-state index contributed by atoms with van der Waals surface area (Å²) in [6.45, 7) is 1.67. The summed E-state index contributed by atoms with van der Waals surface area (Å²) in [6.07, 6.45) is 0.381. The van der Waals surface area contributed by atoms with Crippen molar-refractivity contribution in [2.75, 3.05) is 6.54 Å². The smallest absolute Gasteiger partial charge is 0.308 e. The average molecular weight is 345 g/mol. The molecule has 7 nitrogen and oxygen atoms in total. The van der Waals surface area contributed by atoms with E-state index < -0.39 is 22.7 Å². The van der Waals surface area contributed by atoms with E-state index in [1.54, 1.807) is 6.92 Å². The second-order valence-electron chi connectivity index (χ2n) is 4.07. The Morgan fingerprint density at radius 3 is 2.65 bits per heavy atom. The van der Waals surface area contributed by atoms with E-state index in [0.717, 1.165) is 6.07 Å². The van der Waals surface area contributed by atoms with Crippen LogP contribution in [-0.4, -0.2) is 28.5 Å². The topological polar surface area (TPSA) is 110 Å². The normalized spacial score (nSPS) is 11.7. The Hall–Kier alpha value is -1.96. The van der Waals surface area contributed by atoms with Crippen LogP contribution in [0.1, 0.15) is 23.7 Å². The lowest BCUT2D eigenvalue weighted by Crippen LogP contribution is -2.32. The van der Waals surface area contributed by atoms with Gasteiger partial charge in [0.15, 0.2) is 0 Å². The molecule has 1 amide bonds. The van der Waals surface area contributed by atoms with Crippen LogP contribution in [0.4, 0.5) is 5.69 Å². The summed E-state index contributed by atoms with van der Waals surface area (Å²) in [5.74, 6) is -2.23. The van der Waals surface area contributed by atoms with Gasteiger partial charge in [0.2, 0.25) is 0 Å². The van der Waals surface area contributed by atoms with Crippen molar-refractivity contribution < 1.29 is 19.6 Å². The SMILES string of the molecule is CCC(CNC(=O)c1cc([N+](=O)[O-])ccc1Br)C(=O)O. The number of amides is 1. The van der Waals surface area contributed by atoms with E-state index in [1.165, 1.54) is 12.1 Å². The Balaban J connectivity index is 2.84. The number of benzene rings is 1. The first-order valence-corrected chi connectivity index (χ1v) is 6.61. The van der Waals surface area contributed by atoms with Crippen molar-refractivity contribution in [3.05, 3.63) is 38.3 Å². The molecule has 0 radical (unpaired) electrons. The first-order valence-electron chi connectivity index (χ1n) is 5.81. The van der Waals surface area contributed by atoms with Crippen LogP contribution in [0.25, 0.3) is 0 Å². The molecule has 0 bridgehead atoms. The number of non-ortho nitro benzene ring substituents is 1. The third-order valence-corrected chi connectivity index (χ3v) is 3.45. The maximum atomic E-state index is 11.9. The number of nitrogens with zero attached hydrogens (tertiary/aromatic N) is 1. The number of nitro groups is 1. The Kier molecular flexibility index (Phi) is 5.63. The number of carboxylic acid groups (broad SMARTS) is 1. The number of carboxylic acids is 1. The number of rotatable bonds is 6. The van der Waals surface area contributed by atoms with Crippen LogP contribution in [0.3, 0.4) is 0 Å². The summed E-state index contributed by atoms with van der Waals surface area (Å²) < 4.78 is 0.406. The van der Waals surface area contributed by atoms with Crippen LogP contribution >= 0.6 is 15.9 Å². The van der Waals surface area contributed by atoms with E-state index in [-0.39, 0.29) is 17.8 Å². The fraction of sp³-hybridized carbons (Fsp3) is 0.333. The van der Waals surface area contributed by atoms with E-state index in [2.05, 4.69) is 21.2 Å². The fourth-order valence-corrected chi connectivity index (χ4v) is 1.94. The largest absolute Gasteiger partial charge is 0.481 e. The van der Waals surface area contributed by atoms with Crippen LogP contribution in [0.15, 0.2) is 22.7 Å². The highest BCUT2D eigenvalue weighted by atomic mass is 79.9. The van der Waals surface area contributed by atoms with Crippen LogP contribution in [0.2, 0.25) is 0 Å². The van der Waals surface area contributed by atoms with Crippen LogP contribution in [0.5, 0.6) is 0 Å². The van der Waals surface area contributed by atoms with Gasteiger partial charge in [-0.2, -0.15) is 0 Å². The van der Waals surface area contributed by atoms with Crippen molar-refractivity contribution in [1.82, 2.24) is 5.32 Å². The molecular formula is C12H13BrN2O5. The van der Waals surface area contributed by atoms with Gasteiger partial charge in [0, 0.05) is 23.2 Å². The molecule has 1 atom stereocenters. The summed E-state index contributed by atoms with van der Waals surface area (Å²) in [6, 6.07) is 3.82. The van der Waals surface area contributed by atoms with Gasteiger partial charge in [-0.1, -0.05) is 6.92 Å². The Morgan fingerprint density at radius 2 is 2.15 bits per heavy atom. The van der Waals surface area contributed by atoms with Gasteiger partial charge in [-0.3, -0.25) is 19.7 Å². The molecule has 108 valence electrons. The molecule has 0 aliphatic heterocycles. The molecule has 2 N–H and O–H groups in total. The molecular weight excluding hydrogens is 332 g/mol. The standard InChI is InChI=1S/C12H13BrN2O5/c1-2-7(12(17)18)6-14-11(16)9-5-8(15(19)20)3-4-10(9)13/h3-5,7H,2,6H2,1H3,(H,14,16)(H,17,18). The molecule has 1 aromatic carbocycles. The van der Waals surface area contributed by atoms with Crippen molar-refractivity contribution in [2.45, 2.75) is 13.3 Å². The molecule has 0 aromatic heterocycles. The van der Waals surface area contributed by atoms with E-state index in [4.69, 9.17) is 5.11 Å². The van der Waals surface area contributed by atoms with Crippen LogP contribution < -0.4 is 5.32 Å². The summed E-state index contributed by atoms with van der Waals surface area (Å²) >= 11 is 3.13. The molecule has 0 saturated heterocycles. The maximum absolute atomic E-state index is 11.9. The van der Waals surface area contributed by atoms with Gasteiger partial charge in [0.1, 0.15) is 0 Å². The van der Waals surface area contributed by atoms with Crippen molar-refractivity contribution in [2.24, 2.45) is 5.92 Å². The van der Waals surface area contributed by atoms with Crippen LogP contribution in [0, 0.1) is 16.0 Å². The van der Waals surface area contributed by atoms with Gasteiger partial charge in [0.25, 0.3) is 11.6 Å². The summed E-state index contributed by atoms with van der Waals surface area (Å²) in [4.78, 5) is 32.8. The van der Waals surface area contributed by atoms with E-state index in [0.29, 0.717) is 10.9 Å². The first-order chi connectivity index (χ1) is 9.36. The maximum Gasteiger partial charge on any atom is 0.308 e. The first kappa shape index (κ1) is 16.1. The van der Waals surface area contributed by atoms with Gasteiger partial charge in [0.05, 0.1) is 16.4 Å². The molecule has 1 rings (SSSR count). The second-order valence-corrected chi connectivity index (χ2v) is 4.93. The molecule has 0 aliphatic carbocycles. The molecule has 0 heterocycles. The number of hydrogen-bond acceptors (Lipinski definition) is 4. The summed E-state index contributed by atoms with van der Waals surface area (Å²) in [7, 11) is 0. The minimum Gasteiger partial charge on any atom is -0.481 e. The quantitative estimate of drug-likeness (QED) is 0.607. The number of aliphatic carboxylic acids is 1. The Labute approximate surface area is 123 Å². The lowest BCUT2D eigenvalue weighted by molar-refractivity contribution is -0.384. The number of carbonyl (C=O) groups is 2. The third kappa shape index (κ3) is 4.02. The van der Waals surface area contributed by atoms with Gasteiger partial charge in [-0.25, -0.2) is 0 Å². The van der Waals surface area contributed by atoms with Gasteiger partial charge in [-0.15, -0.1) is 0 Å². The molecule has 0 saturated carbocycles. The predicted octanol–water partition coefficient (Wildman–Crippen LogP) is 2.20. The highest BCUT2D eigenvalue weighted by Crippen LogP contribution is 2.22. The average Bonchev–Trinajstić information content (AvgIpc) is 2.38. The molecule has 8 heteroatoms. The van der Waals surface area contributed by atoms with E-state index in [1.807, 2.05) is 0 Å². The molecule has 20 heavy (non-hydrogen) atoms. The molecule has 1 aromatic rings. The van der Waals surface area contributed by atoms with Crippen molar-refractivity contribution >= 4 is 33.5 Å². The zero-order valence-electron chi connectivity index (χ0n) is 10.6. The van der Waals surface area contributed by atoms with Crippen molar-refractivity contribution in [1.29, 1.82) is 0 Å². The minimum atomic E-state index is -0.995. The monoisotopic (exact) mass is 344 g/mol. The number of carbonyl (C=O) groups excluding carboxylic acids is 1. The molecule has 0 aliphatic rings. The molecule has 0 spiro atoms. The fourth-order valence-electron chi connectivity index (χ4n) is 1.52. The van der Waals surface area contributed by atoms with Gasteiger partial charge in [-0.05, 0) is 28.4 Å². The van der Waals surface area contributed by atoms with Crippen LogP contribution in [-0.2, 0) is 4.79 Å². The van der Waals surface area contributed by atoms with Gasteiger partial charge < -0.3 is 10.4 Å². The highest BCUT2D eigenvalue weighted by molar-refractivity contribution is 9.10. The third-order valence-electron chi connectivity index (χ3n) is 2.76. The lowest BCUT2D eigenvalue weighted by atomic mass is 10.1. The Bertz CT molecular complexity index is 547. The summed E-state index contributed by atoms with van der Waals surface area (Å²) in [5, 5.41) is 22.0. The lowest BCUT2D eigenvalue weighted by Gasteiger charge is -2.11. The van der Waals surface area contributed by atoms with E-state index >= 15 is 0 Å². The zero-order valence-corrected chi connectivity index (χ0v) is 12.2. The number of hydrogen-bond donors (Lipinski definition) is 2. The van der Waals surface area contributed by atoms with E-state index in [9.17, 15) is 19.7 Å². The molecule has 1 unspecified atom stereocenters. The zero-order chi connectivity index (χ0) is 15.3. The second kappa shape index (κ2) is 6.99. The Morgan fingerprint density at radius 1 is 1.50 bits per heavy atom. The van der Waals surface area contributed by atoms with Crippen molar-refractivity contribution in [3.8, 4) is 0 Å². The minimum absolute atomic E-state index is 0.0280. The van der Waals surface area contributed by atoms with Gasteiger partial charge >= 0.3 is 5.97 Å². The number of halogens is 1. The number of nitrogens with one attached hydrogen (secondary N) is 1. The summed E-state index contributed by atoms with van der Waals surface area (Å²) in [5.41, 5.74) is -0.108. The highest BCUT2D eigenvalue weighted by Gasteiger charge is 2.19. The predicted molar refractivity (Wildman–Crippen MR) is 74.5 cm³/mol. The van der Waals surface area contributed by atoms with Crippen molar-refractivity contribution in [3.63, 3.8) is 0 Å². The molecule has 0 fully saturated rings.